The summed E-state index contributed by atoms with van der Waals surface area (Å²) in [6.45, 7) is 1.82. The van der Waals surface area contributed by atoms with Gasteiger partial charge in [-0.2, -0.15) is 0 Å². The molecule has 0 aromatic rings. The number of nitrogens with one attached hydrogen (secondary N) is 2. The van der Waals surface area contributed by atoms with Gasteiger partial charge < -0.3 is 10.7 Å². The number of hydrogen-bond donors (Lipinski definition) is 2. The molecule has 1 unspecified atom stereocenters. The molecule has 1 aliphatic rings. The lowest BCUT2D eigenvalue weighted by Gasteiger charge is -1.97. The van der Waals surface area contributed by atoms with Gasteiger partial charge in [0, 0.05) is 16.7 Å². The highest BCUT2D eigenvalue weighted by Gasteiger charge is 2.33. The van der Waals surface area contributed by atoms with Gasteiger partial charge in [-0.15, -0.1) is 0 Å². The van der Waals surface area contributed by atoms with Crippen LogP contribution in [0.4, 0.5) is 0 Å². The molecule has 0 radical (unpaired) electrons. The summed E-state index contributed by atoms with van der Waals surface area (Å²) in [7, 11) is 0. The fourth-order valence-electron chi connectivity index (χ4n) is 0.971. The van der Waals surface area contributed by atoms with E-state index in [9.17, 15) is 0 Å². The van der Waals surface area contributed by atoms with Crippen LogP contribution < -0.4 is 5.32 Å². The van der Waals surface area contributed by atoms with Crippen molar-refractivity contribution in [1.82, 2.24) is 5.32 Å². The molecule has 1 saturated carbocycles. The Balaban J connectivity index is 1.82. The molecule has 58 valence electrons. The van der Waals surface area contributed by atoms with Crippen LogP contribution in [0.25, 0.3) is 0 Å². The quantitative estimate of drug-likeness (QED) is 0.330. The fourth-order valence-corrected chi connectivity index (χ4v) is 1.98. The molecule has 0 amide bonds. The molecule has 2 nitrogen and oxygen atoms in total. The third kappa shape index (κ3) is 2.96. The van der Waals surface area contributed by atoms with Crippen LogP contribution in [-0.2, 0) is 0 Å². The van der Waals surface area contributed by atoms with E-state index < -0.39 is 0 Å². The minimum absolute atomic E-state index is 0.735. The van der Waals surface area contributed by atoms with Crippen molar-refractivity contribution in [3.05, 3.63) is 0 Å². The standard InChI is InChI=1S/C7H13IN2/c8-7-5-6(7)1-3-10-4-2-9/h2,6-7,9-10H,1,3-5H2/t6-,7?/m1/s1. The number of halogens is 1. The summed E-state index contributed by atoms with van der Waals surface area (Å²) in [5.74, 6) is 0.971. The molecular formula is C7H13IN2. The van der Waals surface area contributed by atoms with Crippen molar-refractivity contribution in [1.29, 1.82) is 5.41 Å². The largest absolute Gasteiger partial charge is 0.312 e. The summed E-state index contributed by atoms with van der Waals surface area (Å²) in [5, 5.41) is 9.94. The van der Waals surface area contributed by atoms with Gasteiger partial charge in [0.1, 0.15) is 0 Å². The van der Waals surface area contributed by atoms with Gasteiger partial charge in [0.05, 0.1) is 0 Å². The summed E-state index contributed by atoms with van der Waals surface area (Å²) in [4.78, 5) is 0. The van der Waals surface area contributed by atoms with Gasteiger partial charge >= 0.3 is 0 Å². The molecule has 0 bridgehead atoms. The van der Waals surface area contributed by atoms with Gasteiger partial charge in [-0.05, 0) is 25.3 Å². The molecule has 0 heterocycles. The van der Waals surface area contributed by atoms with E-state index in [1.54, 1.807) is 0 Å². The Morgan fingerprint density at radius 2 is 2.40 bits per heavy atom. The van der Waals surface area contributed by atoms with Crippen molar-refractivity contribution in [3.63, 3.8) is 0 Å². The highest BCUT2D eigenvalue weighted by molar-refractivity contribution is 14.1. The Kier molecular flexibility index (Phi) is 3.62. The first kappa shape index (κ1) is 8.46. The van der Waals surface area contributed by atoms with Crippen molar-refractivity contribution in [2.45, 2.75) is 16.8 Å². The molecule has 0 saturated heterocycles. The molecule has 1 fully saturated rings. The Hall–Kier alpha value is 0.360. The van der Waals surface area contributed by atoms with Crippen molar-refractivity contribution in [2.24, 2.45) is 5.92 Å². The topological polar surface area (TPSA) is 35.9 Å². The molecule has 1 aliphatic carbocycles. The molecule has 1 rings (SSSR count). The van der Waals surface area contributed by atoms with Crippen LogP contribution in [0.3, 0.4) is 0 Å². The highest BCUT2D eigenvalue weighted by atomic mass is 127. The third-order valence-electron chi connectivity index (χ3n) is 1.77. The van der Waals surface area contributed by atoms with Gasteiger partial charge in [0.15, 0.2) is 0 Å². The molecule has 0 aromatic heterocycles. The SMILES string of the molecule is N=CCNCC[C@@H]1CC1I. The second-order valence-electron chi connectivity index (χ2n) is 2.71. The zero-order valence-electron chi connectivity index (χ0n) is 5.94. The lowest BCUT2D eigenvalue weighted by molar-refractivity contribution is 0.656. The van der Waals surface area contributed by atoms with Crippen LogP contribution in [0, 0.1) is 11.3 Å². The van der Waals surface area contributed by atoms with Crippen molar-refractivity contribution >= 4 is 28.8 Å². The summed E-state index contributed by atoms with van der Waals surface area (Å²) >= 11 is 2.50. The summed E-state index contributed by atoms with van der Waals surface area (Å²) in [6, 6.07) is 0. The molecule has 10 heavy (non-hydrogen) atoms. The predicted molar refractivity (Wildman–Crippen MR) is 52.2 cm³/mol. The zero-order valence-corrected chi connectivity index (χ0v) is 8.10. The van der Waals surface area contributed by atoms with Crippen LogP contribution in [0.1, 0.15) is 12.8 Å². The first-order valence-corrected chi connectivity index (χ1v) is 4.93. The van der Waals surface area contributed by atoms with E-state index in [4.69, 9.17) is 5.41 Å². The Labute approximate surface area is 75.4 Å². The van der Waals surface area contributed by atoms with Crippen molar-refractivity contribution in [3.8, 4) is 0 Å². The monoisotopic (exact) mass is 252 g/mol. The molecule has 0 aromatic carbocycles. The van der Waals surface area contributed by atoms with Crippen LogP contribution in [0.2, 0.25) is 0 Å². The maximum atomic E-state index is 6.75. The number of alkyl halides is 1. The highest BCUT2D eigenvalue weighted by Crippen LogP contribution is 2.40. The van der Waals surface area contributed by atoms with Crippen LogP contribution in [0.5, 0.6) is 0 Å². The van der Waals surface area contributed by atoms with Crippen LogP contribution in [0.15, 0.2) is 0 Å². The Morgan fingerprint density at radius 3 is 2.90 bits per heavy atom. The summed E-state index contributed by atoms with van der Waals surface area (Å²) in [5.41, 5.74) is 0. The lowest BCUT2D eigenvalue weighted by Crippen LogP contribution is -2.17. The van der Waals surface area contributed by atoms with Gasteiger partial charge in [0.2, 0.25) is 0 Å². The van der Waals surface area contributed by atoms with Crippen molar-refractivity contribution in [2.75, 3.05) is 13.1 Å². The molecule has 0 aliphatic heterocycles. The van der Waals surface area contributed by atoms with Crippen molar-refractivity contribution < 1.29 is 0 Å². The summed E-state index contributed by atoms with van der Waals surface area (Å²) < 4.78 is 0.944. The molecule has 0 spiro atoms. The fraction of sp³-hybridized carbons (Fsp3) is 0.857. The first-order chi connectivity index (χ1) is 4.84. The zero-order chi connectivity index (χ0) is 7.40. The average Bonchev–Trinajstić information content (AvgIpc) is 2.60. The molecule has 2 N–H and O–H groups in total. The van der Waals surface area contributed by atoms with E-state index in [-0.39, 0.29) is 0 Å². The second-order valence-corrected chi connectivity index (χ2v) is 4.31. The van der Waals surface area contributed by atoms with E-state index in [1.807, 2.05) is 0 Å². The summed E-state index contributed by atoms with van der Waals surface area (Å²) in [6.07, 6.45) is 4.11. The molecule has 3 heteroatoms. The van der Waals surface area contributed by atoms with E-state index in [1.165, 1.54) is 19.1 Å². The maximum absolute atomic E-state index is 6.75. The Morgan fingerprint density at radius 1 is 1.70 bits per heavy atom. The third-order valence-corrected chi connectivity index (χ3v) is 3.30. The normalized spacial score (nSPS) is 30.1. The lowest BCUT2D eigenvalue weighted by atomic mass is 10.3. The number of hydrogen-bond acceptors (Lipinski definition) is 2. The van der Waals surface area contributed by atoms with Gasteiger partial charge in [-0.25, -0.2) is 0 Å². The second kappa shape index (κ2) is 4.28. The Bertz CT molecular complexity index is 116. The average molecular weight is 252 g/mol. The predicted octanol–water partition coefficient (Wildman–Crippen LogP) is 1.44. The van der Waals surface area contributed by atoms with E-state index in [0.29, 0.717) is 0 Å². The molecular weight excluding hydrogens is 239 g/mol. The van der Waals surface area contributed by atoms with Gasteiger partial charge in [0.25, 0.3) is 0 Å². The van der Waals surface area contributed by atoms with E-state index >= 15 is 0 Å². The molecule has 2 atom stereocenters. The van der Waals surface area contributed by atoms with Gasteiger partial charge in [-0.1, -0.05) is 22.6 Å². The minimum Gasteiger partial charge on any atom is -0.312 e. The van der Waals surface area contributed by atoms with Crippen LogP contribution in [-0.4, -0.2) is 23.2 Å². The minimum atomic E-state index is 0.735. The maximum Gasteiger partial charge on any atom is 0.0302 e. The van der Waals surface area contributed by atoms with Crippen LogP contribution >= 0.6 is 22.6 Å². The van der Waals surface area contributed by atoms with Gasteiger partial charge in [-0.3, -0.25) is 0 Å². The number of rotatable bonds is 5. The van der Waals surface area contributed by atoms with E-state index in [2.05, 4.69) is 27.9 Å². The first-order valence-electron chi connectivity index (χ1n) is 3.68. The smallest absolute Gasteiger partial charge is 0.0302 e. The van der Waals surface area contributed by atoms with E-state index in [0.717, 1.165) is 22.9 Å².